The van der Waals surface area contributed by atoms with Gasteiger partial charge in [-0.1, -0.05) is 12.1 Å². The highest BCUT2D eigenvalue weighted by Crippen LogP contribution is 2.36. The van der Waals surface area contributed by atoms with E-state index in [2.05, 4.69) is 5.32 Å². The molecule has 0 unspecified atom stereocenters. The average molecular weight is 340 g/mol. The number of carbonyl (C=O) groups excluding carboxylic acids is 2. The van der Waals surface area contributed by atoms with Crippen LogP contribution in [0.1, 0.15) is 6.42 Å². The van der Waals surface area contributed by atoms with Crippen LogP contribution in [0.25, 0.3) is 0 Å². The predicted octanol–water partition coefficient (Wildman–Crippen LogP) is 2.17. The summed E-state index contributed by atoms with van der Waals surface area (Å²) in [5, 5.41) is 3.10. The van der Waals surface area contributed by atoms with Crippen molar-refractivity contribution in [2.45, 2.75) is 12.5 Å². The van der Waals surface area contributed by atoms with Gasteiger partial charge in [-0.2, -0.15) is 0 Å². The highest BCUT2D eigenvalue weighted by molar-refractivity contribution is 6.23. The first-order valence-corrected chi connectivity index (χ1v) is 7.83. The Labute approximate surface area is 144 Å². The number of rotatable bonds is 4. The van der Waals surface area contributed by atoms with E-state index >= 15 is 0 Å². The maximum absolute atomic E-state index is 12.8. The fraction of sp³-hybridized carbons (Fsp3) is 0.222. The molecule has 2 heterocycles. The van der Waals surface area contributed by atoms with E-state index in [1.54, 1.807) is 42.5 Å². The Hall–Kier alpha value is -3.22. The van der Waals surface area contributed by atoms with Crippen LogP contribution in [0.2, 0.25) is 0 Å². The predicted molar refractivity (Wildman–Crippen MR) is 90.1 cm³/mol. The molecule has 2 aliphatic rings. The second kappa shape index (κ2) is 6.01. The lowest BCUT2D eigenvalue weighted by atomic mass is 10.2. The Morgan fingerprint density at radius 1 is 1.12 bits per heavy atom. The first-order valence-electron chi connectivity index (χ1n) is 7.83. The van der Waals surface area contributed by atoms with E-state index in [0.29, 0.717) is 28.6 Å². The molecule has 1 atom stereocenters. The molecule has 0 bridgehead atoms. The minimum atomic E-state index is -0.641. The molecule has 1 N–H and O–H groups in total. The number of amides is 2. The molecule has 25 heavy (non-hydrogen) atoms. The number of benzene rings is 2. The monoisotopic (exact) mass is 340 g/mol. The minimum absolute atomic E-state index is 0.0747. The van der Waals surface area contributed by atoms with Crippen LogP contribution in [0.5, 0.6) is 17.2 Å². The first-order chi connectivity index (χ1) is 12.2. The molecule has 7 nitrogen and oxygen atoms in total. The van der Waals surface area contributed by atoms with Gasteiger partial charge in [0.2, 0.25) is 12.7 Å². The number of methoxy groups -OCH3 is 1. The summed E-state index contributed by atoms with van der Waals surface area (Å²) in [7, 11) is 1.51. The lowest BCUT2D eigenvalue weighted by Gasteiger charge is -2.18. The zero-order valence-electron chi connectivity index (χ0n) is 13.5. The van der Waals surface area contributed by atoms with Gasteiger partial charge in [-0.3, -0.25) is 9.59 Å². The number of nitrogens with one attached hydrogen (secondary N) is 1. The topological polar surface area (TPSA) is 77.1 Å². The molecular weight excluding hydrogens is 324 g/mol. The van der Waals surface area contributed by atoms with E-state index in [4.69, 9.17) is 14.2 Å². The standard InChI is InChI=1S/C18H16N2O5/c1-23-14-5-3-2-4-13(14)20-17(21)9-12(18(20)22)19-11-6-7-15-16(8-11)25-10-24-15/h2-8,12,19H,9-10H2,1H3/t12-/m0/s1. The van der Waals surface area contributed by atoms with E-state index in [9.17, 15) is 9.59 Å². The van der Waals surface area contributed by atoms with Crippen molar-refractivity contribution < 1.29 is 23.8 Å². The Balaban J connectivity index is 1.57. The van der Waals surface area contributed by atoms with Crippen LogP contribution in [-0.4, -0.2) is 31.8 Å². The summed E-state index contributed by atoms with van der Waals surface area (Å²) in [6, 6.07) is 11.6. The van der Waals surface area contributed by atoms with Gasteiger partial charge in [0.25, 0.3) is 5.91 Å². The molecule has 2 aromatic carbocycles. The van der Waals surface area contributed by atoms with Gasteiger partial charge in [-0.25, -0.2) is 4.90 Å². The molecule has 0 aliphatic carbocycles. The highest BCUT2D eigenvalue weighted by Gasteiger charge is 2.40. The van der Waals surface area contributed by atoms with Crippen LogP contribution in [-0.2, 0) is 9.59 Å². The molecule has 2 aromatic rings. The van der Waals surface area contributed by atoms with Gasteiger partial charge in [0.05, 0.1) is 19.2 Å². The molecule has 0 radical (unpaired) electrons. The van der Waals surface area contributed by atoms with Gasteiger partial charge < -0.3 is 19.5 Å². The average Bonchev–Trinajstić information content (AvgIpc) is 3.19. The van der Waals surface area contributed by atoms with Crippen molar-refractivity contribution in [1.29, 1.82) is 0 Å². The van der Waals surface area contributed by atoms with E-state index in [1.165, 1.54) is 12.0 Å². The summed E-state index contributed by atoms with van der Waals surface area (Å²) in [5.74, 6) is 1.17. The molecule has 0 saturated carbocycles. The quantitative estimate of drug-likeness (QED) is 0.860. The number of para-hydroxylation sites is 2. The zero-order valence-corrected chi connectivity index (χ0v) is 13.5. The summed E-state index contributed by atoms with van der Waals surface area (Å²) in [5.41, 5.74) is 1.15. The summed E-state index contributed by atoms with van der Waals surface area (Å²) < 4.78 is 15.9. The normalized spacial score (nSPS) is 18.6. The Bertz CT molecular complexity index is 851. The SMILES string of the molecule is COc1ccccc1N1C(=O)C[C@H](Nc2ccc3c(c2)OCO3)C1=O. The Kier molecular flexibility index (Phi) is 3.68. The smallest absolute Gasteiger partial charge is 0.256 e. The number of hydrogen-bond acceptors (Lipinski definition) is 6. The number of fused-ring (bicyclic) bond motifs is 1. The van der Waals surface area contributed by atoms with Crippen molar-refractivity contribution in [2.24, 2.45) is 0 Å². The summed E-state index contributed by atoms with van der Waals surface area (Å²) in [6.07, 6.45) is 0.0747. The third-order valence-electron chi connectivity index (χ3n) is 4.19. The molecule has 7 heteroatoms. The van der Waals surface area contributed by atoms with E-state index < -0.39 is 6.04 Å². The van der Waals surface area contributed by atoms with Crippen LogP contribution in [0.4, 0.5) is 11.4 Å². The summed E-state index contributed by atoms with van der Waals surface area (Å²) in [6.45, 7) is 0.182. The van der Waals surface area contributed by atoms with E-state index in [0.717, 1.165) is 0 Å². The highest BCUT2D eigenvalue weighted by atomic mass is 16.7. The lowest BCUT2D eigenvalue weighted by Crippen LogP contribution is -2.35. The maximum Gasteiger partial charge on any atom is 0.256 e. The second-order valence-corrected chi connectivity index (χ2v) is 5.71. The third kappa shape index (κ3) is 2.63. The second-order valence-electron chi connectivity index (χ2n) is 5.71. The van der Waals surface area contributed by atoms with Crippen LogP contribution in [0.15, 0.2) is 42.5 Å². The zero-order chi connectivity index (χ0) is 17.4. The largest absolute Gasteiger partial charge is 0.495 e. The van der Waals surface area contributed by atoms with Crippen molar-refractivity contribution >= 4 is 23.2 Å². The van der Waals surface area contributed by atoms with Crippen LogP contribution in [0.3, 0.4) is 0 Å². The van der Waals surface area contributed by atoms with Crippen molar-refractivity contribution in [3.05, 3.63) is 42.5 Å². The number of imide groups is 1. The lowest BCUT2D eigenvalue weighted by molar-refractivity contribution is -0.121. The summed E-state index contributed by atoms with van der Waals surface area (Å²) in [4.78, 5) is 26.3. The van der Waals surface area contributed by atoms with E-state index in [1.807, 2.05) is 0 Å². The molecule has 128 valence electrons. The molecule has 2 amide bonds. The van der Waals surface area contributed by atoms with Crippen molar-refractivity contribution in [3.63, 3.8) is 0 Å². The molecule has 0 spiro atoms. The molecule has 1 saturated heterocycles. The van der Waals surface area contributed by atoms with Gasteiger partial charge in [0, 0.05) is 11.8 Å². The number of ether oxygens (including phenoxy) is 3. The van der Waals surface area contributed by atoms with Crippen LogP contribution < -0.4 is 24.4 Å². The first kappa shape index (κ1) is 15.3. The Morgan fingerprint density at radius 3 is 2.76 bits per heavy atom. The number of carbonyl (C=O) groups is 2. The van der Waals surface area contributed by atoms with Crippen LogP contribution in [0, 0.1) is 0 Å². The van der Waals surface area contributed by atoms with Crippen molar-refractivity contribution in [1.82, 2.24) is 0 Å². The van der Waals surface area contributed by atoms with Gasteiger partial charge >= 0.3 is 0 Å². The fourth-order valence-electron chi connectivity index (χ4n) is 3.00. The Morgan fingerprint density at radius 2 is 1.92 bits per heavy atom. The number of hydrogen-bond donors (Lipinski definition) is 1. The molecule has 2 aliphatic heterocycles. The molecule has 4 rings (SSSR count). The van der Waals surface area contributed by atoms with Crippen molar-refractivity contribution in [2.75, 3.05) is 24.1 Å². The summed E-state index contributed by atoms with van der Waals surface area (Å²) >= 11 is 0. The fourth-order valence-corrected chi connectivity index (χ4v) is 3.00. The maximum atomic E-state index is 12.8. The molecule has 0 aromatic heterocycles. The van der Waals surface area contributed by atoms with Crippen molar-refractivity contribution in [3.8, 4) is 17.2 Å². The van der Waals surface area contributed by atoms with Gasteiger partial charge in [-0.05, 0) is 24.3 Å². The van der Waals surface area contributed by atoms with Gasteiger partial charge in [0.1, 0.15) is 11.8 Å². The number of nitrogens with zero attached hydrogens (tertiary/aromatic N) is 1. The van der Waals surface area contributed by atoms with Gasteiger partial charge in [-0.15, -0.1) is 0 Å². The van der Waals surface area contributed by atoms with E-state index in [-0.39, 0.29) is 25.0 Å². The number of anilines is 2. The van der Waals surface area contributed by atoms with Gasteiger partial charge in [0.15, 0.2) is 11.5 Å². The third-order valence-corrected chi connectivity index (χ3v) is 4.19. The minimum Gasteiger partial charge on any atom is -0.495 e. The van der Waals surface area contributed by atoms with Crippen LogP contribution >= 0.6 is 0 Å². The molecular formula is C18H16N2O5. The molecule has 1 fully saturated rings.